The second-order valence-electron chi connectivity index (χ2n) is 2.71. The lowest BCUT2D eigenvalue weighted by Gasteiger charge is -1.97. The van der Waals surface area contributed by atoms with E-state index in [1.807, 2.05) is 32.1 Å². The van der Waals surface area contributed by atoms with Gasteiger partial charge in [0.1, 0.15) is 0 Å². The van der Waals surface area contributed by atoms with Crippen LogP contribution in [0.5, 0.6) is 0 Å². The van der Waals surface area contributed by atoms with Gasteiger partial charge in [0.25, 0.3) is 0 Å². The molecule has 13 heavy (non-hydrogen) atoms. The molecule has 0 rings (SSSR count). The lowest BCUT2D eigenvalue weighted by molar-refractivity contribution is 1.47. The average molecular weight is 176 g/mol. The summed E-state index contributed by atoms with van der Waals surface area (Å²) in [4.78, 5) is 3.99. The van der Waals surface area contributed by atoms with Crippen LogP contribution in [0.1, 0.15) is 20.8 Å². The van der Waals surface area contributed by atoms with Crippen LogP contribution in [0.3, 0.4) is 0 Å². The van der Waals surface area contributed by atoms with Gasteiger partial charge in [-0.2, -0.15) is 0 Å². The Morgan fingerprint density at radius 1 is 1.38 bits per heavy atom. The summed E-state index contributed by atoms with van der Waals surface area (Å²) in [6.45, 7) is 9.15. The van der Waals surface area contributed by atoms with Crippen LogP contribution < -0.4 is 0 Å². The first-order valence-corrected chi connectivity index (χ1v) is 4.17. The second-order valence-corrected chi connectivity index (χ2v) is 2.71. The number of rotatable bonds is 4. The molecule has 1 N–H and O–H groups in total. The van der Waals surface area contributed by atoms with E-state index in [9.17, 15) is 0 Å². The maximum atomic E-state index is 7.43. The van der Waals surface area contributed by atoms with Crippen molar-refractivity contribution in [1.82, 2.24) is 0 Å². The van der Waals surface area contributed by atoms with Crippen LogP contribution >= 0.6 is 0 Å². The Hall–Kier alpha value is -1.44. The summed E-state index contributed by atoms with van der Waals surface area (Å²) in [6.07, 6.45) is 7.25. The predicted molar refractivity (Wildman–Crippen MR) is 59.6 cm³/mol. The minimum atomic E-state index is 0.448. The third-order valence-electron chi connectivity index (χ3n) is 1.41. The van der Waals surface area contributed by atoms with Crippen LogP contribution in [0.15, 0.2) is 41.6 Å². The molecule has 0 saturated carbocycles. The number of nitrogens with one attached hydrogen (secondary N) is 1. The van der Waals surface area contributed by atoms with Crippen LogP contribution in [0, 0.1) is 5.41 Å². The summed E-state index contributed by atoms with van der Waals surface area (Å²) in [6, 6.07) is 0. The maximum absolute atomic E-state index is 7.43. The molecule has 0 heterocycles. The molecule has 0 radical (unpaired) electrons. The molecule has 0 unspecified atom stereocenters. The first-order valence-electron chi connectivity index (χ1n) is 4.17. The molecular formula is C11H16N2. The quantitative estimate of drug-likeness (QED) is 0.504. The lowest BCUT2D eigenvalue weighted by Crippen LogP contribution is -2.05. The summed E-state index contributed by atoms with van der Waals surface area (Å²) >= 11 is 0. The van der Waals surface area contributed by atoms with E-state index in [-0.39, 0.29) is 0 Å². The highest BCUT2D eigenvalue weighted by Crippen LogP contribution is 1.97. The molecule has 0 aliphatic carbocycles. The van der Waals surface area contributed by atoms with Crippen molar-refractivity contribution in [3.05, 3.63) is 36.6 Å². The van der Waals surface area contributed by atoms with Gasteiger partial charge in [0.2, 0.25) is 0 Å². The first-order chi connectivity index (χ1) is 6.11. The third kappa shape index (κ3) is 4.90. The van der Waals surface area contributed by atoms with Crippen LogP contribution in [-0.4, -0.2) is 11.4 Å². The zero-order valence-electron chi connectivity index (χ0n) is 8.46. The van der Waals surface area contributed by atoms with Crippen molar-refractivity contribution in [3.8, 4) is 0 Å². The van der Waals surface area contributed by atoms with E-state index in [4.69, 9.17) is 5.41 Å². The second kappa shape index (κ2) is 6.12. The van der Waals surface area contributed by atoms with Crippen molar-refractivity contribution >= 4 is 11.4 Å². The fourth-order valence-corrected chi connectivity index (χ4v) is 0.867. The molecule has 0 aromatic heterocycles. The van der Waals surface area contributed by atoms with Gasteiger partial charge in [-0.3, -0.25) is 4.99 Å². The molecule has 70 valence electrons. The zero-order chi connectivity index (χ0) is 10.3. The molecule has 2 heteroatoms. The van der Waals surface area contributed by atoms with Crippen molar-refractivity contribution in [1.29, 1.82) is 5.41 Å². The Labute approximate surface area is 79.9 Å². The van der Waals surface area contributed by atoms with Gasteiger partial charge in [-0.1, -0.05) is 18.7 Å². The molecule has 0 aromatic carbocycles. The van der Waals surface area contributed by atoms with Crippen LogP contribution in [-0.2, 0) is 0 Å². The molecule has 0 aliphatic rings. The standard InChI is InChI=1S/C11H16N2/c1-5-7-9(3)8-11(10(4)12)13-6-2/h5-8,12H,2H2,1,3-4H3/b7-5-,9-8-,12-10?,13-11?. The Kier molecular flexibility index (Phi) is 5.44. The van der Waals surface area contributed by atoms with Gasteiger partial charge in [-0.25, -0.2) is 0 Å². The van der Waals surface area contributed by atoms with Gasteiger partial charge in [0.05, 0.1) is 11.4 Å². The van der Waals surface area contributed by atoms with Crippen molar-refractivity contribution in [2.24, 2.45) is 4.99 Å². The number of allylic oxidation sites excluding steroid dienone is 4. The zero-order valence-corrected chi connectivity index (χ0v) is 8.46. The van der Waals surface area contributed by atoms with E-state index in [0.717, 1.165) is 5.57 Å². The minimum Gasteiger partial charge on any atom is -0.303 e. The number of nitrogens with zero attached hydrogens (tertiary/aromatic N) is 1. The van der Waals surface area contributed by atoms with E-state index in [2.05, 4.69) is 11.6 Å². The molecule has 0 saturated heterocycles. The number of aliphatic imine (C=N–C) groups is 1. The van der Waals surface area contributed by atoms with Crippen molar-refractivity contribution in [3.63, 3.8) is 0 Å². The lowest BCUT2D eigenvalue weighted by atomic mass is 10.1. The summed E-state index contributed by atoms with van der Waals surface area (Å²) in [5, 5.41) is 7.43. The topological polar surface area (TPSA) is 36.2 Å². The third-order valence-corrected chi connectivity index (χ3v) is 1.41. The van der Waals surface area contributed by atoms with Crippen LogP contribution in [0.4, 0.5) is 0 Å². The largest absolute Gasteiger partial charge is 0.303 e. The fourth-order valence-electron chi connectivity index (χ4n) is 0.867. The normalized spacial score (nSPS) is 13.5. The SMILES string of the molecule is C=CN=C(/C=C(C)\C=C/C)C(C)=N. The first kappa shape index (κ1) is 11.6. The predicted octanol–water partition coefficient (Wildman–Crippen LogP) is 3.13. The minimum absolute atomic E-state index is 0.448. The Bertz CT molecular complexity index is 280. The molecule has 0 aromatic rings. The Morgan fingerprint density at radius 2 is 2.00 bits per heavy atom. The Balaban J connectivity index is 4.80. The van der Waals surface area contributed by atoms with Crippen LogP contribution in [0.2, 0.25) is 0 Å². The summed E-state index contributed by atoms with van der Waals surface area (Å²) in [5.74, 6) is 0. The summed E-state index contributed by atoms with van der Waals surface area (Å²) in [7, 11) is 0. The van der Waals surface area contributed by atoms with Gasteiger partial charge in [-0.15, -0.1) is 0 Å². The number of hydrogen-bond acceptors (Lipinski definition) is 2. The molecule has 0 bridgehead atoms. The highest BCUT2D eigenvalue weighted by Gasteiger charge is 1.96. The van der Waals surface area contributed by atoms with E-state index in [1.54, 1.807) is 6.92 Å². The van der Waals surface area contributed by atoms with E-state index in [0.29, 0.717) is 11.4 Å². The monoisotopic (exact) mass is 176 g/mol. The molecule has 0 amide bonds. The van der Waals surface area contributed by atoms with Gasteiger partial charge in [0.15, 0.2) is 0 Å². The van der Waals surface area contributed by atoms with Gasteiger partial charge in [0, 0.05) is 6.20 Å². The summed E-state index contributed by atoms with van der Waals surface area (Å²) in [5.41, 5.74) is 2.18. The maximum Gasteiger partial charge on any atom is 0.0836 e. The van der Waals surface area contributed by atoms with Crippen molar-refractivity contribution in [2.45, 2.75) is 20.8 Å². The Morgan fingerprint density at radius 3 is 2.38 bits per heavy atom. The van der Waals surface area contributed by atoms with Gasteiger partial charge >= 0.3 is 0 Å². The van der Waals surface area contributed by atoms with Gasteiger partial charge in [-0.05, 0) is 32.4 Å². The highest BCUT2D eigenvalue weighted by molar-refractivity contribution is 6.44. The van der Waals surface area contributed by atoms with Crippen molar-refractivity contribution < 1.29 is 0 Å². The van der Waals surface area contributed by atoms with E-state index >= 15 is 0 Å². The van der Waals surface area contributed by atoms with E-state index < -0.39 is 0 Å². The molecule has 0 aliphatic heterocycles. The smallest absolute Gasteiger partial charge is 0.0836 e. The summed E-state index contributed by atoms with van der Waals surface area (Å²) < 4.78 is 0. The van der Waals surface area contributed by atoms with Gasteiger partial charge < -0.3 is 5.41 Å². The fraction of sp³-hybridized carbons (Fsp3) is 0.273. The molecule has 0 atom stereocenters. The molecular weight excluding hydrogens is 160 g/mol. The molecule has 0 fully saturated rings. The molecule has 0 spiro atoms. The molecule has 2 nitrogen and oxygen atoms in total. The van der Waals surface area contributed by atoms with Crippen molar-refractivity contribution in [2.75, 3.05) is 0 Å². The van der Waals surface area contributed by atoms with Crippen LogP contribution in [0.25, 0.3) is 0 Å². The van der Waals surface area contributed by atoms with E-state index in [1.165, 1.54) is 6.20 Å². The average Bonchev–Trinajstić information content (AvgIpc) is 2.04. The highest BCUT2D eigenvalue weighted by atomic mass is 14.7. The number of hydrogen-bond donors (Lipinski definition) is 1.